The average molecular weight is 409 g/mol. The first-order chi connectivity index (χ1) is 14.5. The molecule has 2 aromatic carbocycles. The number of ketones is 1. The Morgan fingerprint density at radius 1 is 0.700 bits per heavy atom. The highest BCUT2D eigenvalue weighted by atomic mass is 16.3. The summed E-state index contributed by atoms with van der Waals surface area (Å²) >= 11 is 0. The van der Waals surface area contributed by atoms with Crippen LogP contribution in [0.5, 0.6) is 0 Å². The Morgan fingerprint density at radius 3 is 1.37 bits per heavy atom. The molecule has 2 N–H and O–H groups in total. The maximum absolute atomic E-state index is 12.8. The van der Waals surface area contributed by atoms with Gasteiger partial charge in [-0.1, -0.05) is 60.7 Å². The Morgan fingerprint density at radius 2 is 1.03 bits per heavy atom. The molecule has 5 nitrogen and oxygen atoms in total. The van der Waals surface area contributed by atoms with Gasteiger partial charge in [0.15, 0.2) is 0 Å². The number of aliphatic hydroxyl groups is 2. The van der Waals surface area contributed by atoms with E-state index in [1.54, 1.807) is 0 Å². The molecule has 0 amide bonds. The summed E-state index contributed by atoms with van der Waals surface area (Å²) in [6.45, 7) is 6.72. The first kappa shape index (κ1) is 21.2. The number of nitrogens with zero attached hydrogens (tertiary/aromatic N) is 2. The molecule has 2 bridgehead atoms. The van der Waals surface area contributed by atoms with Crippen LogP contribution in [0.4, 0.5) is 0 Å². The molecule has 2 aliphatic heterocycles. The largest absolute Gasteiger partial charge is 0.387 e. The van der Waals surface area contributed by atoms with E-state index in [2.05, 4.69) is 9.80 Å². The number of benzene rings is 2. The van der Waals surface area contributed by atoms with Crippen molar-refractivity contribution in [2.24, 2.45) is 11.8 Å². The Balaban J connectivity index is 1.43. The lowest BCUT2D eigenvalue weighted by Crippen LogP contribution is -2.62. The van der Waals surface area contributed by atoms with Crippen molar-refractivity contribution < 1.29 is 15.0 Å². The zero-order chi connectivity index (χ0) is 21.3. The van der Waals surface area contributed by atoms with Crippen molar-refractivity contribution in [3.8, 4) is 0 Å². The van der Waals surface area contributed by atoms with Gasteiger partial charge in [-0.2, -0.15) is 0 Å². The molecular formula is C25H32N2O3. The van der Waals surface area contributed by atoms with Gasteiger partial charge in [0, 0.05) is 50.1 Å². The van der Waals surface area contributed by atoms with Crippen LogP contribution in [0.15, 0.2) is 60.7 Å². The van der Waals surface area contributed by atoms with Crippen molar-refractivity contribution in [2.75, 3.05) is 26.2 Å². The third-order valence-electron chi connectivity index (χ3n) is 6.97. The lowest BCUT2D eigenvalue weighted by molar-refractivity contribution is -0.142. The second-order valence-electron chi connectivity index (χ2n) is 8.90. The number of likely N-dealkylation sites (tertiary alicyclic amines) is 2. The van der Waals surface area contributed by atoms with E-state index >= 15 is 0 Å². The molecule has 0 aliphatic carbocycles. The minimum absolute atomic E-state index is 0.0515. The van der Waals surface area contributed by atoms with Gasteiger partial charge in [0.1, 0.15) is 5.78 Å². The Labute approximate surface area is 178 Å². The molecule has 2 saturated heterocycles. The van der Waals surface area contributed by atoms with Crippen LogP contribution in [0.25, 0.3) is 0 Å². The van der Waals surface area contributed by atoms with Gasteiger partial charge in [0.2, 0.25) is 0 Å². The van der Waals surface area contributed by atoms with E-state index < -0.39 is 12.2 Å². The molecule has 2 aromatic rings. The number of carbonyl (C=O) groups is 1. The fourth-order valence-corrected chi connectivity index (χ4v) is 5.01. The van der Waals surface area contributed by atoms with E-state index in [-0.39, 0.29) is 23.9 Å². The molecule has 30 heavy (non-hydrogen) atoms. The smallest absolute Gasteiger partial charge is 0.144 e. The summed E-state index contributed by atoms with van der Waals surface area (Å²) < 4.78 is 0. The van der Waals surface area contributed by atoms with Crippen LogP contribution in [0, 0.1) is 11.8 Å². The van der Waals surface area contributed by atoms with E-state index in [4.69, 9.17) is 0 Å². The molecule has 0 unspecified atom stereocenters. The van der Waals surface area contributed by atoms with Gasteiger partial charge in [0.25, 0.3) is 0 Å². The molecular weight excluding hydrogens is 376 g/mol. The van der Waals surface area contributed by atoms with Gasteiger partial charge in [-0.15, -0.1) is 0 Å². The number of Topliss-reactive ketones (excluding diaryl/α,β-unsaturated/α-hetero) is 1. The minimum atomic E-state index is -0.574. The predicted molar refractivity (Wildman–Crippen MR) is 117 cm³/mol. The maximum atomic E-state index is 12.8. The normalized spacial score (nSPS) is 26.7. The van der Waals surface area contributed by atoms with Crippen LogP contribution < -0.4 is 0 Å². The molecule has 2 aliphatic rings. The Kier molecular flexibility index (Phi) is 6.34. The molecule has 4 atom stereocenters. The molecule has 4 rings (SSSR count). The van der Waals surface area contributed by atoms with Crippen LogP contribution in [0.2, 0.25) is 0 Å². The van der Waals surface area contributed by atoms with Crippen molar-refractivity contribution >= 4 is 5.78 Å². The van der Waals surface area contributed by atoms with Gasteiger partial charge in [0.05, 0.1) is 12.2 Å². The standard InChI is InChI=1S/C25H32N2O3/c1-17(23(28)19-9-5-3-6-10-19)26-13-21-15-27(16-22(14-26)25(21)30)18(2)24(29)20-11-7-4-8-12-20/h3-12,17-18,21-24,28-29H,13-16H2,1-2H3/t17-,18-,21?,22?,23-,24-/m0/s1. The van der Waals surface area contributed by atoms with E-state index in [1.165, 1.54) is 0 Å². The zero-order valence-electron chi connectivity index (χ0n) is 17.8. The SMILES string of the molecule is C[C@@H]([C@H](O)c1ccccc1)N1CC2CN([C@@H](C)[C@H](O)c3ccccc3)CC(C1)C2=O. The van der Waals surface area contributed by atoms with E-state index in [9.17, 15) is 15.0 Å². The lowest BCUT2D eigenvalue weighted by Gasteiger charge is -2.49. The number of rotatable bonds is 6. The maximum Gasteiger partial charge on any atom is 0.144 e. The summed E-state index contributed by atoms with van der Waals surface area (Å²) in [6.07, 6.45) is -1.15. The number of aliphatic hydroxyl groups excluding tert-OH is 2. The molecule has 160 valence electrons. The van der Waals surface area contributed by atoms with Crippen molar-refractivity contribution in [2.45, 2.75) is 38.1 Å². The number of hydrogen-bond acceptors (Lipinski definition) is 5. The monoisotopic (exact) mass is 408 g/mol. The van der Waals surface area contributed by atoms with Gasteiger partial charge < -0.3 is 10.2 Å². The Bertz CT molecular complexity index is 762. The second-order valence-corrected chi connectivity index (χ2v) is 8.90. The molecule has 0 spiro atoms. The highest BCUT2D eigenvalue weighted by Gasteiger charge is 2.44. The van der Waals surface area contributed by atoms with Gasteiger partial charge in [-0.25, -0.2) is 0 Å². The zero-order valence-corrected chi connectivity index (χ0v) is 17.8. The quantitative estimate of drug-likeness (QED) is 0.769. The van der Waals surface area contributed by atoms with E-state index in [1.807, 2.05) is 74.5 Å². The molecule has 0 radical (unpaired) electrons. The summed E-state index contributed by atoms with van der Waals surface area (Å²) in [5.74, 6) is 0.187. The summed E-state index contributed by atoms with van der Waals surface area (Å²) in [7, 11) is 0. The topological polar surface area (TPSA) is 64.0 Å². The minimum Gasteiger partial charge on any atom is -0.387 e. The number of carbonyl (C=O) groups excluding carboxylic acids is 1. The molecule has 2 fully saturated rings. The summed E-state index contributed by atoms with van der Waals surface area (Å²) in [4.78, 5) is 17.4. The Hall–Kier alpha value is -2.05. The fraction of sp³-hybridized carbons (Fsp3) is 0.480. The van der Waals surface area contributed by atoms with Crippen molar-refractivity contribution in [1.29, 1.82) is 0 Å². The van der Waals surface area contributed by atoms with Crippen LogP contribution in [0.1, 0.15) is 37.2 Å². The highest BCUT2D eigenvalue weighted by Crippen LogP contribution is 2.33. The van der Waals surface area contributed by atoms with Crippen LogP contribution >= 0.6 is 0 Å². The summed E-state index contributed by atoms with van der Waals surface area (Å²) in [5, 5.41) is 21.7. The summed E-state index contributed by atoms with van der Waals surface area (Å²) in [5.41, 5.74) is 1.82. The fourth-order valence-electron chi connectivity index (χ4n) is 5.01. The van der Waals surface area contributed by atoms with Crippen LogP contribution in [-0.4, -0.2) is 64.1 Å². The predicted octanol–water partition coefficient (Wildman–Crippen LogP) is 2.66. The summed E-state index contributed by atoms with van der Waals surface area (Å²) in [6, 6.07) is 19.4. The van der Waals surface area contributed by atoms with E-state index in [0.717, 1.165) is 11.1 Å². The third kappa shape index (κ3) is 4.21. The van der Waals surface area contributed by atoms with Crippen molar-refractivity contribution in [3.63, 3.8) is 0 Å². The number of fused-ring (bicyclic) bond motifs is 2. The molecule has 0 aromatic heterocycles. The van der Waals surface area contributed by atoms with Gasteiger partial charge >= 0.3 is 0 Å². The average Bonchev–Trinajstić information content (AvgIpc) is 2.78. The van der Waals surface area contributed by atoms with Crippen molar-refractivity contribution in [3.05, 3.63) is 71.8 Å². The van der Waals surface area contributed by atoms with Crippen LogP contribution in [0.3, 0.4) is 0 Å². The van der Waals surface area contributed by atoms with Crippen LogP contribution in [-0.2, 0) is 4.79 Å². The lowest BCUT2D eigenvalue weighted by atomic mass is 9.81. The number of piperidine rings is 2. The van der Waals surface area contributed by atoms with Crippen molar-refractivity contribution in [1.82, 2.24) is 9.80 Å². The number of hydrogen-bond donors (Lipinski definition) is 2. The van der Waals surface area contributed by atoms with Gasteiger partial charge in [-0.05, 0) is 25.0 Å². The third-order valence-corrected chi connectivity index (χ3v) is 6.97. The first-order valence-corrected chi connectivity index (χ1v) is 10.9. The first-order valence-electron chi connectivity index (χ1n) is 10.9. The van der Waals surface area contributed by atoms with Gasteiger partial charge in [-0.3, -0.25) is 14.6 Å². The highest BCUT2D eigenvalue weighted by molar-refractivity contribution is 5.86. The van der Waals surface area contributed by atoms with E-state index in [0.29, 0.717) is 32.0 Å². The molecule has 5 heteroatoms. The molecule has 0 saturated carbocycles. The molecule has 2 heterocycles. The second kappa shape index (κ2) is 8.98.